The van der Waals surface area contributed by atoms with Gasteiger partial charge in [0, 0.05) is 0 Å². The molecule has 0 bridgehead atoms. The van der Waals surface area contributed by atoms with Crippen molar-refractivity contribution < 1.29 is 18.0 Å². The Morgan fingerprint density at radius 1 is 1.42 bits per heavy atom. The number of carbonyl (C=O) groups is 1. The summed E-state index contributed by atoms with van der Waals surface area (Å²) in [6, 6.07) is 6.81. The summed E-state index contributed by atoms with van der Waals surface area (Å²) < 4.78 is 35.6. The van der Waals surface area contributed by atoms with E-state index in [-0.39, 0.29) is 0 Å². The Kier molecular flexibility index (Phi) is 4.89. The van der Waals surface area contributed by atoms with Gasteiger partial charge >= 0.3 is 6.18 Å². The first-order valence-corrected chi connectivity index (χ1v) is 5.40. The van der Waals surface area contributed by atoms with Gasteiger partial charge in [0.25, 0.3) is 0 Å². The molecular formula is C12H12F3N3O. The van der Waals surface area contributed by atoms with Crippen LogP contribution in [0.3, 0.4) is 0 Å². The van der Waals surface area contributed by atoms with Crippen LogP contribution in [0.5, 0.6) is 0 Å². The lowest BCUT2D eigenvalue weighted by Gasteiger charge is -2.10. The van der Waals surface area contributed by atoms with Crippen LogP contribution in [-0.2, 0) is 4.79 Å². The Balaban J connectivity index is 2.59. The maximum absolute atomic E-state index is 11.9. The van der Waals surface area contributed by atoms with Crippen LogP contribution in [0.1, 0.15) is 11.1 Å². The summed E-state index contributed by atoms with van der Waals surface area (Å²) in [4.78, 5) is 11.4. The number of aryl methyl sites for hydroxylation is 1. The minimum atomic E-state index is -4.36. The summed E-state index contributed by atoms with van der Waals surface area (Å²) >= 11 is 0. The van der Waals surface area contributed by atoms with Crippen LogP contribution in [-0.4, -0.2) is 25.2 Å². The number of carbonyl (C=O) groups excluding carboxylic acids is 1. The average Bonchev–Trinajstić information content (AvgIpc) is 2.27. The molecule has 0 saturated carbocycles. The molecule has 1 aromatic carbocycles. The van der Waals surface area contributed by atoms with Gasteiger partial charge < -0.3 is 10.6 Å². The standard InChI is InChI=1S/C12H12F3N3O/c1-8-3-2-4-10(9(8)5-16)18-11(19)6-17-7-12(13,14)15/h2-4,17H,6-7H2,1H3,(H,18,19). The van der Waals surface area contributed by atoms with Gasteiger partial charge in [0.2, 0.25) is 5.91 Å². The molecular weight excluding hydrogens is 259 g/mol. The molecule has 2 N–H and O–H groups in total. The molecule has 0 atom stereocenters. The zero-order valence-electron chi connectivity index (χ0n) is 10.1. The number of hydrogen-bond donors (Lipinski definition) is 2. The van der Waals surface area contributed by atoms with E-state index < -0.39 is 25.2 Å². The maximum Gasteiger partial charge on any atom is 0.401 e. The minimum absolute atomic E-state index is 0.293. The Hall–Kier alpha value is -2.07. The van der Waals surface area contributed by atoms with Crippen LogP contribution in [0, 0.1) is 18.3 Å². The zero-order valence-corrected chi connectivity index (χ0v) is 10.1. The van der Waals surface area contributed by atoms with Crippen molar-refractivity contribution >= 4 is 11.6 Å². The van der Waals surface area contributed by atoms with Gasteiger partial charge in [0.05, 0.1) is 24.3 Å². The molecule has 0 saturated heterocycles. The fraction of sp³-hybridized carbons (Fsp3) is 0.333. The topological polar surface area (TPSA) is 64.9 Å². The highest BCUT2D eigenvalue weighted by Gasteiger charge is 2.26. The number of alkyl halides is 3. The van der Waals surface area contributed by atoms with Crippen molar-refractivity contribution in [1.29, 1.82) is 5.26 Å². The summed E-state index contributed by atoms with van der Waals surface area (Å²) in [5, 5.41) is 13.3. The Morgan fingerprint density at radius 3 is 2.68 bits per heavy atom. The van der Waals surface area contributed by atoms with E-state index in [9.17, 15) is 18.0 Å². The molecule has 1 rings (SSSR count). The molecule has 0 heterocycles. The van der Waals surface area contributed by atoms with E-state index in [2.05, 4.69) is 5.32 Å². The lowest BCUT2D eigenvalue weighted by molar-refractivity contribution is -0.126. The zero-order chi connectivity index (χ0) is 14.5. The highest BCUT2D eigenvalue weighted by Crippen LogP contribution is 2.18. The first kappa shape index (κ1) is 15.0. The number of rotatable bonds is 4. The van der Waals surface area contributed by atoms with Crippen molar-refractivity contribution in [2.45, 2.75) is 13.1 Å². The minimum Gasteiger partial charge on any atom is -0.324 e. The predicted molar refractivity (Wildman–Crippen MR) is 63.4 cm³/mol. The molecule has 0 aliphatic rings. The molecule has 0 aliphatic carbocycles. The van der Waals surface area contributed by atoms with Gasteiger partial charge in [-0.15, -0.1) is 0 Å². The average molecular weight is 271 g/mol. The quantitative estimate of drug-likeness (QED) is 0.879. The van der Waals surface area contributed by atoms with Crippen molar-refractivity contribution in [3.63, 3.8) is 0 Å². The second-order valence-electron chi connectivity index (χ2n) is 3.88. The van der Waals surface area contributed by atoms with E-state index in [0.717, 1.165) is 0 Å². The number of hydrogen-bond acceptors (Lipinski definition) is 3. The van der Waals surface area contributed by atoms with Gasteiger partial charge in [-0.3, -0.25) is 4.79 Å². The van der Waals surface area contributed by atoms with Crippen LogP contribution >= 0.6 is 0 Å². The van der Waals surface area contributed by atoms with Crippen molar-refractivity contribution in [2.75, 3.05) is 18.4 Å². The van der Waals surface area contributed by atoms with Gasteiger partial charge in [-0.05, 0) is 18.6 Å². The number of nitrogens with zero attached hydrogens (tertiary/aromatic N) is 1. The van der Waals surface area contributed by atoms with Gasteiger partial charge in [-0.25, -0.2) is 0 Å². The summed E-state index contributed by atoms with van der Waals surface area (Å²) in [7, 11) is 0. The van der Waals surface area contributed by atoms with Crippen LogP contribution in [0.4, 0.5) is 18.9 Å². The highest BCUT2D eigenvalue weighted by molar-refractivity contribution is 5.93. The Bertz CT molecular complexity index is 506. The van der Waals surface area contributed by atoms with E-state index in [0.29, 0.717) is 16.8 Å². The maximum atomic E-state index is 11.9. The summed E-state index contributed by atoms with van der Waals surface area (Å²) in [5.41, 5.74) is 1.27. The third-order valence-electron chi connectivity index (χ3n) is 2.27. The molecule has 0 aliphatic heterocycles. The number of amides is 1. The Morgan fingerprint density at radius 2 is 2.11 bits per heavy atom. The summed E-state index contributed by atoms with van der Waals surface area (Å²) in [6.45, 7) is -0.00617. The third kappa shape index (κ3) is 4.97. The van der Waals surface area contributed by atoms with Crippen molar-refractivity contribution in [1.82, 2.24) is 5.32 Å². The van der Waals surface area contributed by atoms with Gasteiger partial charge in [-0.1, -0.05) is 12.1 Å². The third-order valence-corrected chi connectivity index (χ3v) is 2.27. The fourth-order valence-electron chi connectivity index (χ4n) is 1.43. The number of nitriles is 1. The molecule has 0 aromatic heterocycles. The van der Waals surface area contributed by atoms with E-state index in [1.807, 2.05) is 11.4 Å². The second-order valence-corrected chi connectivity index (χ2v) is 3.88. The monoisotopic (exact) mass is 271 g/mol. The number of halogens is 3. The van der Waals surface area contributed by atoms with Gasteiger partial charge in [0.15, 0.2) is 0 Å². The molecule has 4 nitrogen and oxygen atoms in total. The van der Waals surface area contributed by atoms with E-state index in [4.69, 9.17) is 5.26 Å². The first-order chi connectivity index (χ1) is 8.83. The fourth-order valence-corrected chi connectivity index (χ4v) is 1.43. The first-order valence-electron chi connectivity index (χ1n) is 5.40. The molecule has 19 heavy (non-hydrogen) atoms. The van der Waals surface area contributed by atoms with Crippen molar-refractivity contribution in [3.8, 4) is 6.07 Å². The lowest BCUT2D eigenvalue weighted by Crippen LogP contribution is -2.35. The molecule has 0 radical (unpaired) electrons. The number of benzene rings is 1. The number of nitrogens with one attached hydrogen (secondary N) is 2. The summed E-state index contributed by atoms with van der Waals surface area (Å²) in [5.74, 6) is -0.633. The van der Waals surface area contributed by atoms with Crippen LogP contribution in [0.15, 0.2) is 18.2 Å². The van der Waals surface area contributed by atoms with E-state index in [1.165, 1.54) is 6.07 Å². The number of anilines is 1. The van der Waals surface area contributed by atoms with Crippen LogP contribution < -0.4 is 10.6 Å². The largest absolute Gasteiger partial charge is 0.401 e. The van der Waals surface area contributed by atoms with Crippen LogP contribution in [0.25, 0.3) is 0 Å². The molecule has 1 aromatic rings. The molecule has 102 valence electrons. The van der Waals surface area contributed by atoms with E-state index in [1.54, 1.807) is 19.1 Å². The van der Waals surface area contributed by atoms with E-state index >= 15 is 0 Å². The molecule has 7 heteroatoms. The normalized spacial score (nSPS) is 10.9. The van der Waals surface area contributed by atoms with Crippen molar-refractivity contribution in [2.24, 2.45) is 0 Å². The Labute approximate surface area is 108 Å². The molecule has 0 unspecified atom stereocenters. The molecule has 1 amide bonds. The van der Waals surface area contributed by atoms with Gasteiger partial charge in [0.1, 0.15) is 6.07 Å². The van der Waals surface area contributed by atoms with Crippen LogP contribution in [0.2, 0.25) is 0 Å². The SMILES string of the molecule is Cc1cccc(NC(=O)CNCC(F)(F)F)c1C#N. The summed E-state index contributed by atoms with van der Waals surface area (Å²) in [6.07, 6.45) is -4.36. The highest BCUT2D eigenvalue weighted by atomic mass is 19.4. The van der Waals surface area contributed by atoms with Gasteiger partial charge in [-0.2, -0.15) is 18.4 Å². The predicted octanol–water partition coefficient (Wildman–Crippen LogP) is 1.96. The van der Waals surface area contributed by atoms with Crippen molar-refractivity contribution in [3.05, 3.63) is 29.3 Å². The lowest BCUT2D eigenvalue weighted by atomic mass is 10.1. The molecule has 0 spiro atoms. The smallest absolute Gasteiger partial charge is 0.324 e. The second kappa shape index (κ2) is 6.20. The molecule has 0 fully saturated rings.